The van der Waals surface area contributed by atoms with Crippen molar-refractivity contribution < 1.29 is 41.8 Å². The Kier molecular flexibility index (Phi) is 4.98. The summed E-state index contributed by atoms with van der Waals surface area (Å²) in [6.45, 7) is 3.38. The summed E-state index contributed by atoms with van der Waals surface area (Å²) in [7, 11) is 0. The van der Waals surface area contributed by atoms with Crippen molar-refractivity contribution in [2.24, 2.45) is 17.8 Å². The lowest BCUT2D eigenvalue weighted by Gasteiger charge is -2.34. The van der Waals surface area contributed by atoms with Crippen LogP contribution in [0.15, 0.2) is 0 Å². The van der Waals surface area contributed by atoms with E-state index in [2.05, 4.69) is 9.47 Å². The van der Waals surface area contributed by atoms with Crippen molar-refractivity contribution >= 4 is 17.9 Å². The standard InChI is InChI=1S/C14H17F3O6/c1-6-8(4-3-5-21-6)10-9(11(18)23-12(10)19)7(2)22-13(20)14(15,16)17/h6-10H,3-5H2,1-2H3. The maximum absolute atomic E-state index is 12.3. The highest BCUT2D eigenvalue weighted by atomic mass is 19.4. The number of carbonyl (C=O) groups is 3. The Morgan fingerprint density at radius 2 is 1.96 bits per heavy atom. The van der Waals surface area contributed by atoms with Crippen molar-refractivity contribution in [1.29, 1.82) is 0 Å². The lowest BCUT2D eigenvalue weighted by molar-refractivity contribution is -0.207. The third kappa shape index (κ3) is 3.65. The molecule has 2 rings (SSSR count). The smallest absolute Gasteiger partial charge is 0.455 e. The van der Waals surface area contributed by atoms with E-state index in [-0.39, 0.29) is 12.0 Å². The van der Waals surface area contributed by atoms with Crippen LogP contribution in [0.25, 0.3) is 0 Å². The summed E-state index contributed by atoms with van der Waals surface area (Å²) in [5.74, 6) is -6.79. The zero-order valence-corrected chi connectivity index (χ0v) is 12.6. The second-order valence-corrected chi connectivity index (χ2v) is 5.78. The van der Waals surface area contributed by atoms with Gasteiger partial charge < -0.3 is 14.2 Å². The molecule has 0 aromatic carbocycles. The van der Waals surface area contributed by atoms with Gasteiger partial charge in [0.05, 0.1) is 12.0 Å². The van der Waals surface area contributed by atoms with Gasteiger partial charge in [-0.3, -0.25) is 9.59 Å². The molecule has 2 saturated heterocycles. The summed E-state index contributed by atoms with van der Waals surface area (Å²) >= 11 is 0. The summed E-state index contributed by atoms with van der Waals surface area (Å²) in [6, 6.07) is 0. The van der Waals surface area contributed by atoms with Gasteiger partial charge in [-0.2, -0.15) is 13.2 Å². The van der Waals surface area contributed by atoms with Crippen molar-refractivity contribution in [3.05, 3.63) is 0 Å². The van der Waals surface area contributed by atoms with Crippen LogP contribution >= 0.6 is 0 Å². The minimum Gasteiger partial charge on any atom is -0.455 e. The zero-order chi connectivity index (χ0) is 17.4. The molecule has 5 unspecified atom stereocenters. The number of halogens is 3. The van der Waals surface area contributed by atoms with Crippen molar-refractivity contribution in [1.82, 2.24) is 0 Å². The first kappa shape index (κ1) is 17.7. The first-order valence-electron chi connectivity index (χ1n) is 7.28. The largest absolute Gasteiger partial charge is 0.490 e. The lowest BCUT2D eigenvalue weighted by Crippen LogP contribution is -2.43. The van der Waals surface area contributed by atoms with Crippen LogP contribution in [-0.2, 0) is 28.6 Å². The van der Waals surface area contributed by atoms with E-state index in [1.807, 2.05) is 0 Å². The van der Waals surface area contributed by atoms with Crippen LogP contribution in [0.5, 0.6) is 0 Å². The second-order valence-electron chi connectivity index (χ2n) is 5.78. The molecule has 2 aliphatic heterocycles. The maximum Gasteiger partial charge on any atom is 0.490 e. The van der Waals surface area contributed by atoms with E-state index in [9.17, 15) is 27.6 Å². The fourth-order valence-electron chi connectivity index (χ4n) is 3.18. The lowest BCUT2D eigenvalue weighted by atomic mass is 9.75. The molecule has 6 nitrogen and oxygen atoms in total. The molecular weight excluding hydrogens is 321 g/mol. The van der Waals surface area contributed by atoms with Gasteiger partial charge in [0.2, 0.25) is 0 Å². The first-order chi connectivity index (χ1) is 10.6. The zero-order valence-electron chi connectivity index (χ0n) is 12.6. The van der Waals surface area contributed by atoms with E-state index >= 15 is 0 Å². The molecule has 5 atom stereocenters. The Morgan fingerprint density at radius 3 is 2.52 bits per heavy atom. The van der Waals surface area contributed by atoms with Gasteiger partial charge >= 0.3 is 24.1 Å². The number of alkyl halides is 3. The summed E-state index contributed by atoms with van der Waals surface area (Å²) in [4.78, 5) is 34.8. The normalized spacial score (nSPS) is 33.3. The summed E-state index contributed by atoms with van der Waals surface area (Å²) in [5, 5.41) is 0. The SMILES string of the molecule is CC1OCCCC1C1C(=O)OC(=O)C1C(C)OC(=O)C(F)(F)F. The van der Waals surface area contributed by atoms with E-state index in [0.717, 1.165) is 6.92 Å². The third-order valence-corrected chi connectivity index (χ3v) is 4.29. The molecule has 0 aromatic heterocycles. The molecule has 0 bridgehead atoms. The molecular formula is C14H17F3O6. The van der Waals surface area contributed by atoms with Crippen molar-refractivity contribution in [2.75, 3.05) is 6.61 Å². The molecule has 2 heterocycles. The Hall–Kier alpha value is -1.64. The molecule has 0 aromatic rings. The van der Waals surface area contributed by atoms with Crippen LogP contribution in [0.1, 0.15) is 26.7 Å². The van der Waals surface area contributed by atoms with Gasteiger partial charge in [-0.25, -0.2) is 4.79 Å². The van der Waals surface area contributed by atoms with Crippen LogP contribution in [0.2, 0.25) is 0 Å². The highest BCUT2D eigenvalue weighted by Crippen LogP contribution is 2.40. The molecule has 130 valence electrons. The molecule has 0 saturated carbocycles. The number of carbonyl (C=O) groups excluding carboxylic acids is 3. The number of hydrogen-bond acceptors (Lipinski definition) is 6. The number of esters is 3. The number of hydrogen-bond donors (Lipinski definition) is 0. The van der Waals surface area contributed by atoms with Crippen molar-refractivity contribution in [2.45, 2.75) is 45.1 Å². The summed E-state index contributed by atoms with van der Waals surface area (Å²) in [5.41, 5.74) is 0. The van der Waals surface area contributed by atoms with E-state index in [1.54, 1.807) is 6.92 Å². The van der Waals surface area contributed by atoms with Crippen LogP contribution in [0, 0.1) is 17.8 Å². The molecule has 0 aliphatic carbocycles. The summed E-state index contributed by atoms with van der Waals surface area (Å²) < 4.78 is 51.2. The minimum atomic E-state index is -5.17. The van der Waals surface area contributed by atoms with E-state index in [4.69, 9.17) is 4.74 Å². The average Bonchev–Trinajstić information content (AvgIpc) is 2.72. The highest BCUT2D eigenvalue weighted by molar-refractivity contribution is 5.97. The van der Waals surface area contributed by atoms with E-state index < -0.39 is 42.0 Å². The molecule has 0 spiro atoms. The first-order valence-corrected chi connectivity index (χ1v) is 7.28. The van der Waals surface area contributed by atoms with Gasteiger partial charge in [0.1, 0.15) is 12.0 Å². The molecule has 0 amide bonds. The Bertz CT molecular complexity index is 503. The molecule has 2 aliphatic rings. The second kappa shape index (κ2) is 6.46. The quantitative estimate of drug-likeness (QED) is 0.575. The third-order valence-electron chi connectivity index (χ3n) is 4.29. The van der Waals surface area contributed by atoms with Crippen LogP contribution in [0.3, 0.4) is 0 Å². The minimum absolute atomic E-state index is 0.347. The molecule has 2 fully saturated rings. The van der Waals surface area contributed by atoms with Gasteiger partial charge in [0.15, 0.2) is 0 Å². The van der Waals surface area contributed by atoms with Gasteiger partial charge in [0, 0.05) is 6.61 Å². The van der Waals surface area contributed by atoms with Gasteiger partial charge in [-0.05, 0) is 32.6 Å². The fraction of sp³-hybridized carbons (Fsp3) is 0.786. The average molecular weight is 338 g/mol. The van der Waals surface area contributed by atoms with Crippen LogP contribution < -0.4 is 0 Å². The van der Waals surface area contributed by atoms with Gasteiger partial charge in [-0.1, -0.05) is 0 Å². The topological polar surface area (TPSA) is 78.9 Å². The van der Waals surface area contributed by atoms with E-state index in [0.29, 0.717) is 19.4 Å². The predicted molar refractivity (Wildman–Crippen MR) is 67.8 cm³/mol. The van der Waals surface area contributed by atoms with Crippen LogP contribution in [-0.4, -0.2) is 42.9 Å². The fourth-order valence-corrected chi connectivity index (χ4v) is 3.18. The maximum atomic E-state index is 12.3. The molecule has 9 heteroatoms. The van der Waals surface area contributed by atoms with Crippen molar-refractivity contribution in [3.63, 3.8) is 0 Å². The molecule has 0 N–H and O–H groups in total. The Morgan fingerprint density at radius 1 is 1.30 bits per heavy atom. The monoisotopic (exact) mass is 338 g/mol. The van der Waals surface area contributed by atoms with Gasteiger partial charge in [0.25, 0.3) is 0 Å². The summed E-state index contributed by atoms with van der Waals surface area (Å²) in [6.07, 6.45) is -5.71. The number of cyclic esters (lactones) is 2. The van der Waals surface area contributed by atoms with Gasteiger partial charge in [-0.15, -0.1) is 0 Å². The predicted octanol–water partition coefficient (Wildman–Crippen LogP) is 1.61. The van der Waals surface area contributed by atoms with E-state index in [1.165, 1.54) is 0 Å². The molecule has 0 radical (unpaired) electrons. The molecule has 23 heavy (non-hydrogen) atoms. The van der Waals surface area contributed by atoms with Crippen LogP contribution in [0.4, 0.5) is 13.2 Å². The number of rotatable bonds is 3. The Balaban J connectivity index is 2.18. The van der Waals surface area contributed by atoms with Crippen molar-refractivity contribution in [3.8, 4) is 0 Å². The highest BCUT2D eigenvalue weighted by Gasteiger charge is 2.54. The number of ether oxygens (including phenoxy) is 3. The Labute approximate surface area is 130 Å².